The average molecular weight is 466 g/mol. The van der Waals surface area contributed by atoms with E-state index in [1.165, 1.54) is 0 Å². The van der Waals surface area contributed by atoms with Crippen LogP contribution in [0.4, 0.5) is 5.69 Å². The monoisotopic (exact) mass is 465 g/mol. The molecule has 1 saturated carbocycles. The summed E-state index contributed by atoms with van der Waals surface area (Å²) in [4.78, 5) is 29.1. The highest BCUT2D eigenvalue weighted by molar-refractivity contribution is 5.92. The fourth-order valence-corrected chi connectivity index (χ4v) is 5.42. The minimum Gasteiger partial charge on any atom is -0.487 e. The molecule has 3 aliphatic rings. The number of anilines is 1. The molecule has 3 heterocycles. The Morgan fingerprint density at radius 1 is 1.09 bits per heavy atom. The number of nitrogens with zero attached hydrogens (tertiary/aromatic N) is 1. The van der Waals surface area contributed by atoms with E-state index in [1.54, 1.807) is 12.4 Å². The van der Waals surface area contributed by atoms with E-state index in [1.807, 2.05) is 30.3 Å². The zero-order valence-electron chi connectivity index (χ0n) is 19.1. The zero-order chi connectivity index (χ0) is 23.5. The van der Waals surface area contributed by atoms with Gasteiger partial charge in [0.2, 0.25) is 11.8 Å². The first-order chi connectivity index (χ1) is 16.6. The van der Waals surface area contributed by atoms with Gasteiger partial charge in [0.05, 0.1) is 25.6 Å². The van der Waals surface area contributed by atoms with Crippen LogP contribution in [0.25, 0.3) is 0 Å². The van der Waals surface area contributed by atoms with Crippen LogP contribution in [0, 0.1) is 0 Å². The second-order valence-corrected chi connectivity index (χ2v) is 9.49. The molecule has 1 aromatic heterocycles. The predicted molar refractivity (Wildman–Crippen MR) is 126 cm³/mol. The lowest BCUT2D eigenvalue weighted by molar-refractivity contribution is -0.142. The van der Waals surface area contributed by atoms with E-state index in [0.29, 0.717) is 12.1 Å². The third-order valence-electron chi connectivity index (χ3n) is 7.03. The van der Waals surface area contributed by atoms with Crippen LogP contribution < -0.4 is 15.4 Å². The van der Waals surface area contributed by atoms with Crippen molar-refractivity contribution in [1.29, 1.82) is 0 Å². The maximum Gasteiger partial charge on any atom is 0.228 e. The molecule has 180 valence electrons. The van der Waals surface area contributed by atoms with Gasteiger partial charge in [-0.1, -0.05) is 12.8 Å². The van der Waals surface area contributed by atoms with Gasteiger partial charge >= 0.3 is 0 Å². The summed E-state index contributed by atoms with van der Waals surface area (Å²) < 4.78 is 12.2. The van der Waals surface area contributed by atoms with Gasteiger partial charge in [-0.3, -0.25) is 14.6 Å². The van der Waals surface area contributed by atoms with Gasteiger partial charge in [-0.15, -0.1) is 0 Å². The molecule has 2 aliphatic heterocycles. The number of aromatic nitrogens is 1. The molecule has 8 heteroatoms. The van der Waals surface area contributed by atoms with Crippen molar-refractivity contribution in [3.8, 4) is 5.75 Å². The summed E-state index contributed by atoms with van der Waals surface area (Å²) in [5.74, 6) is 0.620. The number of aliphatic hydroxyl groups excluding tert-OH is 1. The topological polar surface area (TPSA) is 110 Å². The maximum atomic E-state index is 12.6. The van der Waals surface area contributed by atoms with Crippen molar-refractivity contribution in [2.75, 3.05) is 11.9 Å². The molecule has 5 rings (SSSR count). The third kappa shape index (κ3) is 5.08. The van der Waals surface area contributed by atoms with Crippen molar-refractivity contribution >= 4 is 17.5 Å². The smallest absolute Gasteiger partial charge is 0.228 e. The Morgan fingerprint density at radius 2 is 1.88 bits per heavy atom. The van der Waals surface area contributed by atoms with Crippen LogP contribution in [-0.2, 0) is 20.7 Å². The van der Waals surface area contributed by atoms with E-state index >= 15 is 0 Å². The van der Waals surface area contributed by atoms with Crippen LogP contribution >= 0.6 is 0 Å². The molecule has 0 unspecified atom stereocenters. The van der Waals surface area contributed by atoms with Crippen LogP contribution in [0.1, 0.15) is 55.6 Å². The number of hydrogen-bond acceptors (Lipinski definition) is 6. The Kier molecular flexibility index (Phi) is 6.78. The van der Waals surface area contributed by atoms with Crippen molar-refractivity contribution in [3.05, 3.63) is 53.9 Å². The van der Waals surface area contributed by atoms with Gasteiger partial charge in [-0.25, -0.2) is 0 Å². The van der Waals surface area contributed by atoms with Crippen LogP contribution in [0.5, 0.6) is 5.75 Å². The van der Waals surface area contributed by atoms with E-state index in [2.05, 4.69) is 15.6 Å². The largest absolute Gasteiger partial charge is 0.487 e. The lowest BCUT2D eigenvalue weighted by Crippen LogP contribution is -2.47. The molecule has 2 aromatic rings. The fourth-order valence-electron chi connectivity index (χ4n) is 5.42. The lowest BCUT2D eigenvalue weighted by atomic mass is 9.84. The number of aliphatic hydroxyl groups is 1. The van der Waals surface area contributed by atoms with E-state index in [9.17, 15) is 14.7 Å². The number of benzene rings is 1. The summed E-state index contributed by atoms with van der Waals surface area (Å²) in [6, 6.07) is 9.53. The molecular formula is C26H31N3O5. The van der Waals surface area contributed by atoms with Crippen molar-refractivity contribution in [3.63, 3.8) is 0 Å². The van der Waals surface area contributed by atoms with Crippen LogP contribution in [-0.4, -0.2) is 52.9 Å². The molecule has 1 aliphatic carbocycles. The van der Waals surface area contributed by atoms with Crippen LogP contribution in [0.3, 0.4) is 0 Å². The number of carbonyl (C=O) groups excluding carboxylic acids is 2. The number of carbonyl (C=O) groups is 2. The standard InChI is InChI=1S/C26H31N3O5/c30-15-23-26-21(13-19(33-23)14-25(32)28-17-3-1-2-4-17)20-12-18(5-6-22(20)34-26)29-24(31)11-16-7-9-27-10-8-16/h5-10,12,17,19,21,23,26,30H,1-4,11,13-15H2,(H,28,32)(H,29,31)/t19-,21+,23+,26-/m1/s1. The Balaban J connectivity index is 1.26. The SMILES string of the molecule is O=C(Cc1ccncc1)Nc1ccc2c(c1)[C@@H]1C[C@H](CC(=O)NC3CCCC3)O[C@@H](CO)[C@@H]1O2. The first kappa shape index (κ1) is 22.8. The highest BCUT2D eigenvalue weighted by Gasteiger charge is 2.46. The number of ether oxygens (including phenoxy) is 2. The third-order valence-corrected chi connectivity index (χ3v) is 7.03. The fraction of sp³-hybridized carbons (Fsp3) is 0.500. The number of pyridine rings is 1. The normalized spacial score (nSPS) is 25.8. The molecule has 1 aromatic carbocycles. The minimum atomic E-state index is -0.500. The van der Waals surface area contributed by atoms with Gasteiger partial charge < -0.3 is 25.2 Å². The molecule has 3 N–H and O–H groups in total. The van der Waals surface area contributed by atoms with Crippen LogP contribution in [0.2, 0.25) is 0 Å². The zero-order valence-corrected chi connectivity index (χ0v) is 19.1. The van der Waals surface area contributed by atoms with Crippen molar-refractivity contribution in [2.45, 2.75) is 75.2 Å². The summed E-state index contributed by atoms with van der Waals surface area (Å²) in [7, 11) is 0. The Hall–Kier alpha value is -2.97. The number of rotatable bonds is 7. The Labute approximate surface area is 199 Å². The van der Waals surface area contributed by atoms with Gasteiger partial charge in [0, 0.05) is 35.6 Å². The van der Waals surface area contributed by atoms with Crippen molar-refractivity contribution in [1.82, 2.24) is 10.3 Å². The average Bonchev–Trinajstić information content (AvgIpc) is 3.46. The number of fused-ring (bicyclic) bond motifs is 3. The molecule has 2 fully saturated rings. The molecule has 0 spiro atoms. The highest BCUT2D eigenvalue weighted by atomic mass is 16.6. The number of nitrogens with one attached hydrogen (secondary N) is 2. The van der Waals surface area contributed by atoms with Gasteiger partial charge in [0.25, 0.3) is 0 Å². The maximum absolute atomic E-state index is 12.6. The van der Waals surface area contributed by atoms with Gasteiger partial charge in [0.15, 0.2) is 0 Å². The lowest BCUT2D eigenvalue weighted by Gasteiger charge is -2.37. The molecule has 2 amide bonds. The molecular weight excluding hydrogens is 434 g/mol. The van der Waals surface area contributed by atoms with E-state index < -0.39 is 6.10 Å². The summed E-state index contributed by atoms with van der Waals surface area (Å²) in [6.07, 6.45) is 7.81. The van der Waals surface area contributed by atoms with E-state index in [4.69, 9.17) is 9.47 Å². The second kappa shape index (κ2) is 10.1. The Bertz CT molecular complexity index is 1020. The van der Waals surface area contributed by atoms with Crippen molar-refractivity contribution < 1.29 is 24.2 Å². The summed E-state index contributed by atoms with van der Waals surface area (Å²) in [5.41, 5.74) is 2.57. The molecule has 34 heavy (non-hydrogen) atoms. The first-order valence-corrected chi connectivity index (χ1v) is 12.1. The van der Waals surface area contributed by atoms with Crippen molar-refractivity contribution in [2.24, 2.45) is 0 Å². The quantitative estimate of drug-likeness (QED) is 0.580. The summed E-state index contributed by atoms with van der Waals surface area (Å²) >= 11 is 0. The second-order valence-electron chi connectivity index (χ2n) is 9.49. The van der Waals surface area contributed by atoms with E-state index in [0.717, 1.165) is 42.6 Å². The van der Waals surface area contributed by atoms with E-state index in [-0.39, 0.29) is 55.4 Å². The molecule has 4 atom stereocenters. The summed E-state index contributed by atoms with van der Waals surface area (Å²) in [6.45, 7) is -0.175. The molecule has 8 nitrogen and oxygen atoms in total. The molecule has 0 radical (unpaired) electrons. The highest BCUT2D eigenvalue weighted by Crippen LogP contribution is 2.47. The first-order valence-electron chi connectivity index (χ1n) is 12.1. The Morgan fingerprint density at radius 3 is 2.65 bits per heavy atom. The molecule has 0 bridgehead atoms. The number of amides is 2. The summed E-state index contributed by atoms with van der Waals surface area (Å²) in [5, 5.41) is 16.0. The minimum absolute atomic E-state index is 0.00306. The van der Waals surface area contributed by atoms with Gasteiger partial charge in [-0.05, 0) is 55.2 Å². The number of hydrogen-bond donors (Lipinski definition) is 3. The van der Waals surface area contributed by atoms with Crippen LogP contribution in [0.15, 0.2) is 42.7 Å². The van der Waals surface area contributed by atoms with Gasteiger partial charge in [0.1, 0.15) is 18.0 Å². The predicted octanol–water partition coefficient (Wildman–Crippen LogP) is 2.71. The molecule has 1 saturated heterocycles. The van der Waals surface area contributed by atoms with Gasteiger partial charge in [-0.2, -0.15) is 0 Å².